The molecule has 0 atom stereocenters. The molecule has 3 aromatic carbocycles. The van der Waals surface area contributed by atoms with Gasteiger partial charge in [0.05, 0.1) is 11.0 Å². The number of nitrogens with zero attached hydrogens (tertiary/aromatic N) is 2. The Kier molecular flexibility index (Phi) is 5.12. The Bertz CT molecular complexity index is 1450. The zero-order chi connectivity index (χ0) is 21.9. The molecule has 5 rings (SSSR count). The van der Waals surface area contributed by atoms with Crippen molar-refractivity contribution in [2.45, 2.75) is 13.8 Å². The molecular formula is C30H20N2. The summed E-state index contributed by atoms with van der Waals surface area (Å²) < 4.78 is 0. The largest absolute Gasteiger partial charge is 0.253 e. The van der Waals surface area contributed by atoms with E-state index in [2.05, 4.69) is 96.0 Å². The first-order valence-electron chi connectivity index (χ1n) is 10.5. The van der Waals surface area contributed by atoms with Crippen molar-refractivity contribution >= 4 is 21.8 Å². The summed E-state index contributed by atoms with van der Waals surface area (Å²) in [6.07, 6.45) is 3.63. The van der Waals surface area contributed by atoms with Gasteiger partial charge in [-0.2, -0.15) is 0 Å². The van der Waals surface area contributed by atoms with Crippen molar-refractivity contribution in [3.05, 3.63) is 119 Å². The highest BCUT2D eigenvalue weighted by Crippen LogP contribution is 2.23. The van der Waals surface area contributed by atoms with E-state index in [4.69, 9.17) is 0 Å². The van der Waals surface area contributed by atoms with Crippen LogP contribution in [0.25, 0.3) is 21.8 Å². The van der Waals surface area contributed by atoms with Crippen LogP contribution in [0.3, 0.4) is 0 Å². The molecule has 5 aromatic rings. The number of aryl methyl sites for hydroxylation is 2. The maximum Gasteiger partial charge on any atom is 0.0965 e. The summed E-state index contributed by atoms with van der Waals surface area (Å²) in [7, 11) is 0. The Hall–Kier alpha value is -4.40. The minimum absolute atomic E-state index is 0.876. The van der Waals surface area contributed by atoms with Crippen molar-refractivity contribution in [2.24, 2.45) is 0 Å². The maximum atomic E-state index is 4.67. The van der Waals surface area contributed by atoms with Crippen LogP contribution >= 0.6 is 0 Å². The van der Waals surface area contributed by atoms with Crippen molar-refractivity contribution < 1.29 is 0 Å². The van der Waals surface area contributed by atoms with Crippen molar-refractivity contribution in [3.8, 4) is 23.7 Å². The van der Waals surface area contributed by atoms with E-state index in [1.807, 2.05) is 36.7 Å². The Morgan fingerprint density at radius 3 is 1.25 bits per heavy atom. The second kappa shape index (κ2) is 8.38. The summed E-state index contributed by atoms with van der Waals surface area (Å²) in [5.41, 5.74) is 7.97. The van der Waals surface area contributed by atoms with Crippen LogP contribution in [-0.4, -0.2) is 9.97 Å². The lowest BCUT2D eigenvalue weighted by Crippen LogP contribution is -1.88. The van der Waals surface area contributed by atoms with E-state index < -0.39 is 0 Å². The van der Waals surface area contributed by atoms with E-state index >= 15 is 0 Å². The van der Waals surface area contributed by atoms with Crippen molar-refractivity contribution in [2.75, 3.05) is 0 Å². The van der Waals surface area contributed by atoms with E-state index in [0.29, 0.717) is 0 Å². The molecule has 0 fully saturated rings. The standard InChI is InChI=1S/C30H20N2/c1-21-3-7-23(8-4-21)11-13-25-17-27-15-16-28-18-26(20-32-30(28)29(27)31-19-25)14-12-24-9-5-22(2)6-10-24/h3-10,15-20H,1-2H3. The van der Waals surface area contributed by atoms with Crippen molar-refractivity contribution in [1.29, 1.82) is 0 Å². The molecule has 0 aliphatic carbocycles. The highest BCUT2D eigenvalue weighted by Gasteiger charge is 2.05. The van der Waals surface area contributed by atoms with E-state index in [9.17, 15) is 0 Å². The lowest BCUT2D eigenvalue weighted by Gasteiger charge is -2.03. The molecule has 0 amide bonds. The molecule has 0 radical (unpaired) electrons. The Morgan fingerprint density at radius 1 is 0.469 bits per heavy atom. The van der Waals surface area contributed by atoms with E-state index in [-0.39, 0.29) is 0 Å². The van der Waals surface area contributed by atoms with Gasteiger partial charge in [0.2, 0.25) is 0 Å². The Morgan fingerprint density at radius 2 is 0.844 bits per heavy atom. The molecule has 2 heterocycles. The zero-order valence-electron chi connectivity index (χ0n) is 18.0. The molecule has 2 aromatic heterocycles. The molecule has 0 N–H and O–H groups in total. The summed E-state index contributed by atoms with van der Waals surface area (Å²) in [6, 6.07) is 24.7. The monoisotopic (exact) mass is 408 g/mol. The van der Waals surface area contributed by atoms with Crippen LogP contribution in [0.5, 0.6) is 0 Å². The van der Waals surface area contributed by atoms with Gasteiger partial charge in [-0.15, -0.1) is 0 Å². The highest BCUT2D eigenvalue weighted by molar-refractivity contribution is 6.03. The van der Waals surface area contributed by atoms with Gasteiger partial charge in [0.1, 0.15) is 0 Å². The molecule has 2 nitrogen and oxygen atoms in total. The van der Waals surface area contributed by atoms with E-state index in [1.165, 1.54) is 11.1 Å². The topological polar surface area (TPSA) is 25.8 Å². The Balaban J connectivity index is 1.46. The van der Waals surface area contributed by atoms with Gasteiger partial charge in [0.15, 0.2) is 0 Å². The number of hydrogen-bond acceptors (Lipinski definition) is 2. The summed E-state index contributed by atoms with van der Waals surface area (Å²) in [6.45, 7) is 4.14. The van der Waals surface area contributed by atoms with Gasteiger partial charge in [-0.1, -0.05) is 71.2 Å². The Labute approximate surface area is 188 Å². The second-order valence-electron chi connectivity index (χ2n) is 7.89. The minimum atomic E-state index is 0.876. The van der Waals surface area contributed by atoms with Crippen LogP contribution in [0, 0.1) is 37.5 Å². The number of rotatable bonds is 0. The van der Waals surface area contributed by atoms with Crippen LogP contribution in [0.4, 0.5) is 0 Å². The van der Waals surface area contributed by atoms with Crippen molar-refractivity contribution in [1.82, 2.24) is 9.97 Å². The normalized spacial score (nSPS) is 10.3. The first kappa shape index (κ1) is 19.6. The lowest BCUT2D eigenvalue weighted by molar-refractivity contribution is 1.36. The van der Waals surface area contributed by atoms with Gasteiger partial charge in [-0.3, -0.25) is 9.97 Å². The molecule has 0 aliphatic rings. The smallest absolute Gasteiger partial charge is 0.0965 e. The quantitative estimate of drug-likeness (QED) is 0.225. The molecule has 0 unspecified atom stereocenters. The summed E-state index contributed by atoms with van der Waals surface area (Å²) >= 11 is 0. The molecule has 0 bridgehead atoms. The number of fused-ring (bicyclic) bond motifs is 3. The average Bonchev–Trinajstić information content (AvgIpc) is 2.83. The van der Waals surface area contributed by atoms with E-state index in [0.717, 1.165) is 44.1 Å². The van der Waals surface area contributed by atoms with E-state index in [1.54, 1.807) is 0 Å². The maximum absolute atomic E-state index is 4.67. The molecule has 150 valence electrons. The van der Waals surface area contributed by atoms with Gasteiger partial charge in [-0.25, -0.2) is 0 Å². The van der Waals surface area contributed by atoms with Gasteiger partial charge in [0.25, 0.3) is 0 Å². The molecule has 0 aliphatic heterocycles. The number of aromatic nitrogens is 2. The molecule has 0 saturated carbocycles. The number of hydrogen-bond donors (Lipinski definition) is 0. The molecule has 32 heavy (non-hydrogen) atoms. The fourth-order valence-electron chi connectivity index (χ4n) is 3.49. The molecule has 0 saturated heterocycles. The first-order valence-corrected chi connectivity index (χ1v) is 10.5. The fourth-order valence-corrected chi connectivity index (χ4v) is 3.49. The number of benzene rings is 3. The zero-order valence-corrected chi connectivity index (χ0v) is 18.0. The summed E-state index contributed by atoms with van der Waals surface area (Å²) in [5.74, 6) is 12.8. The average molecular weight is 409 g/mol. The minimum Gasteiger partial charge on any atom is -0.253 e. The van der Waals surface area contributed by atoms with Crippen LogP contribution in [0.1, 0.15) is 33.4 Å². The third-order valence-electron chi connectivity index (χ3n) is 5.31. The predicted octanol–water partition coefficient (Wildman–Crippen LogP) is 6.20. The SMILES string of the molecule is Cc1ccc(C#Cc2cnc3c(ccc4cc(C#Cc5ccc(C)cc5)cnc43)c2)cc1. The van der Waals surface area contributed by atoms with Crippen LogP contribution in [0.15, 0.2) is 85.2 Å². The summed E-state index contributed by atoms with van der Waals surface area (Å²) in [5, 5.41) is 2.05. The van der Waals surface area contributed by atoms with Crippen LogP contribution < -0.4 is 0 Å². The second-order valence-corrected chi connectivity index (χ2v) is 7.89. The molecule has 2 heteroatoms. The fraction of sp³-hybridized carbons (Fsp3) is 0.0667. The van der Waals surface area contributed by atoms with Crippen molar-refractivity contribution in [3.63, 3.8) is 0 Å². The van der Waals surface area contributed by atoms with Gasteiger partial charge >= 0.3 is 0 Å². The predicted molar refractivity (Wildman–Crippen MR) is 131 cm³/mol. The molecular weight excluding hydrogens is 388 g/mol. The van der Waals surface area contributed by atoms with Gasteiger partial charge < -0.3 is 0 Å². The highest BCUT2D eigenvalue weighted by atomic mass is 14.7. The van der Waals surface area contributed by atoms with Crippen LogP contribution in [0.2, 0.25) is 0 Å². The molecule has 0 spiro atoms. The first-order chi connectivity index (χ1) is 15.6. The third kappa shape index (κ3) is 4.22. The lowest BCUT2D eigenvalue weighted by atomic mass is 10.1. The summed E-state index contributed by atoms with van der Waals surface area (Å²) in [4.78, 5) is 9.33. The number of pyridine rings is 2. The third-order valence-corrected chi connectivity index (χ3v) is 5.31. The van der Waals surface area contributed by atoms with Gasteiger partial charge in [0, 0.05) is 45.4 Å². The van der Waals surface area contributed by atoms with Crippen LogP contribution in [-0.2, 0) is 0 Å². The van der Waals surface area contributed by atoms with Gasteiger partial charge in [-0.05, 0) is 50.2 Å².